The highest BCUT2D eigenvalue weighted by Crippen LogP contribution is 2.25. The van der Waals surface area contributed by atoms with Crippen molar-refractivity contribution in [1.82, 2.24) is 0 Å². The van der Waals surface area contributed by atoms with Crippen LogP contribution in [0.25, 0.3) is 0 Å². The van der Waals surface area contributed by atoms with E-state index in [0.29, 0.717) is 11.3 Å². The number of hydrogen-bond donors (Lipinski definition) is 2. The summed E-state index contributed by atoms with van der Waals surface area (Å²) >= 11 is 0. The van der Waals surface area contributed by atoms with Crippen LogP contribution in [0.5, 0.6) is 0 Å². The quantitative estimate of drug-likeness (QED) is 0.502. The predicted octanol–water partition coefficient (Wildman–Crippen LogP) is 1.87. The van der Waals surface area contributed by atoms with E-state index in [0.717, 1.165) is 0 Å². The Kier molecular flexibility index (Phi) is 3.99. The number of rotatable bonds is 3. The molecule has 1 fully saturated rings. The van der Waals surface area contributed by atoms with E-state index in [1.54, 1.807) is 31.2 Å². The summed E-state index contributed by atoms with van der Waals surface area (Å²) < 4.78 is 9.97. The number of para-hydroxylation sites is 1. The number of esters is 2. The lowest BCUT2D eigenvalue weighted by atomic mass is 10.1. The molecule has 0 bridgehead atoms. The van der Waals surface area contributed by atoms with E-state index < -0.39 is 23.8 Å². The first kappa shape index (κ1) is 15.1. The Morgan fingerprint density at radius 2 is 1.76 bits per heavy atom. The van der Waals surface area contributed by atoms with E-state index in [4.69, 9.17) is 9.47 Å². The van der Waals surface area contributed by atoms with Crippen LogP contribution in [-0.4, -0.2) is 22.8 Å². The molecule has 0 aliphatic carbocycles. The van der Waals surface area contributed by atoms with Crippen LogP contribution in [0.2, 0.25) is 0 Å². The molecule has 1 aromatic carbocycles. The maximum Gasteiger partial charge on any atom is 0.350 e. The highest BCUT2D eigenvalue weighted by atomic mass is 16.7. The Hall–Kier alpha value is -2.34. The molecule has 1 atom stereocenters. The van der Waals surface area contributed by atoms with E-state index in [9.17, 15) is 14.7 Å². The van der Waals surface area contributed by atoms with Crippen LogP contribution >= 0.6 is 0 Å². The van der Waals surface area contributed by atoms with Crippen LogP contribution in [0.4, 0.5) is 5.69 Å². The molecule has 0 saturated carbocycles. The van der Waals surface area contributed by atoms with Crippen LogP contribution < -0.4 is 5.32 Å². The van der Waals surface area contributed by atoms with Crippen LogP contribution in [-0.2, 0) is 19.1 Å². The van der Waals surface area contributed by atoms with Gasteiger partial charge in [0.25, 0.3) is 5.79 Å². The first-order valence-electron chi connectivity index (χ1n) is 6.50. The van der Waals surface area contributed by atoms with Gasteiger partial charge in [-0.05, 0) is 13.0 Å². The predicted molar refractivity (Wildman–Crippen MR) is 75.0 cm³/mol. The van der Waals surface area contributed by atoms with Crippen molar-refractivity contribution in [2.45, 2.75) is 32.7 Å². The SMILES string of the molecule is CC(O)c1ccccc1NC=C1C(=O)OC(C)(C)OC1=O. The van der Waals surface area contributed by atoms with E-state index in [2.05, 4.69) is 5.32 Å². The van der Waals surface area contributed by atoms with Crippen LogP contribution in [0.1, 0.15) is 32.4 Å². The molecular weight excluding hydrogens is 274 g/mol. The minimum absolute atomic E-state index is 0.227. The monoisotopic (exact) mass is 291 g/mol. The fourth-order valence-electron chi connectivity index (χ4n) is 1.92. The third-order valence-corrected chi connectivity index (χ3v) is 2.90. The Labute approximate surface area is 122 Å². The minimum Gasteiger partial charge on any atom is -0.419 e. The number of aliphatic hydroxyl groups is 1. The van der Waals surface area contributed by atoms with Crippen molar-refractivity contribution in [2.75, 3.05) is 5.32 Å². The highest BCUT2D eigenvalue weighted by molar-refractivity contribution is 6.15. The highest BCUT2D eigenvalue weighted by Gasteiger charge is 2.38. The van der Waals surface area contributed by atoms with Gasteiger partial charge in [0.2, 0.25) is 0 Å². The molecule has 1 saturated heterocycles. The van der Waals surface area contributed by atoms with Crippen molar-refractivity contribution in [3.8, 4) is 0 Å². The zero-order valence-electron chi connectivity index (χ0n) is 12.0. The van der Waals surface area contributed by atoms with Gasteiger partial charge in [0.15, 0.2) is 5.57 Å². The number of ether oxygens (including phenoxy) is 2. The first-order chi connectivity index (χ1) is 9.80. The molecule has 6 nitrogen and oxygen atoms in total. The largest absolute Gasteiger partial charge is 0.419 e. The first-order valence-corrected chi connectivity index (χ1v) is 6.50. The maximum absolute atomic E-state index is 11.8. The third kappa shape index (κ3) is 3.41. The summed E-state index contributed by atoms with van der Waals surface area (Å²) in [6, 6.07) is 7.02. The Balaban J connectivity index is 2.22. The molecule has 0 spiro atoms. The van der Waals surface area contributed by atoms with Gasteiger partial charge in [-0.1, -0.05) is 18.2 Å². The molecule has 6 heteroatoms. The van der Waals surface area contributed by atoms with Crippen LogP contribution in [0.3, 0.4) is 0 Å². The number of cyclic esters (lactones) is 2. The number of carbonyl (C=O) groups is 2. The van der Waals surface area contributed by atoms with Gasteiger partial charge in [0.1, 0.15) is 0 Å². The molecule has 21 heavy (non-hydrogen) atoms. The van der Waals surface area contributed by atoms with Gasteiger partial charge in [0.05, 0.1) is 6.10 Å². The summed E-state index contributed by atoms with van der Waals surface area (Å²) in [5, 5.41) is 12.5. The number of hydrogen-bond acceptors (Lipinski definition) is 6. The Bertz CT molecular complexity index is 582. The zero-order chi connectivity index (χ0) is 15.6. The summed E-state index contributed by atoms with van der Waals surface area (Å²) in [5.74, 6) is -2.76. The van der Waals surface area contributed by atoms with Gasteiger partial charge in [-0.2, -0.15) is 0 Å². The Morgan fingerprint density at radius 3 is 2.33 bits per heavy atom. The minimum atomic E-state index is -1.26. The number of carbonyl (C=O) groups excluding carboxylic acids is 2. The summed E-state index contributed by atoms with van der Waals surface area (Å²) in [5.41, 5.74) is 1.01. The van der Waals surface area contributed by atoms with Crippen molar-refractivity contribution in [2.24, 2.45) is 0 Å². The van der Waals surface area contributed by atoms with E-state index in [1.807, 2.05) is 0 Å². The van der Waals surface area contributed by atoms with Crippen molar-refractivity contribution in [3.63, 3.8) is 0 Å². The average molecular weight is 291 g/mol. The summed E-state index contributed by atoms with van der Waals surface area (Å²) in [6.45, 7) is 4.59. The van der Waals surface area contributed by atoms with Gasteiger partial charge < -0.3 is 19.9 Å². The van der Waals surface area contributed by atoms with Crippen LogP contribution in [0, 0.1) is 0 Å². The lowest BCUT2D eigenvalue weighted by Crippen LogP contribution is -2.42. The third-order valence-electron chi connectivity index (χ3n) is 2.90. The summed E-state index contributed by atoms with van der Waals surface area (Å²) in [7, 11) is 0. The van der Waals surface area contributed by atoms with Crippen molar-refractivity contribution < 1.29 is 24.2 Å². The molecule has 2 N–H and O–H groups in total. The molecule has 1 unspecified atom stereocenters. The molecule has 2 rings (SSSR count). The fourth-order valence-corrected chi connectivity index (χ4v) is 1.92. The van der Waals surface area contributed by atoms with Gasteiger partial charge in [-0.15, -0.1) is 0 Å². The molecule has 112 valence electrons. The molecule has 0 aromatic heterocycles. The number of benzene rings is 1. The van der Waals surface area contributed by atoms with Gasteiger partial charge >= 0.3 is 11.9 Å². The smallest absolute Gasteiger partial charge is 0.350 e. The molecule has 1 aliphatic heterocycles. The molecular formula is C15H17NO5. The normalized spacial score (nSPS) is 18.6. The van der Waals surface area contributed by atoms with E-state index >= 15 is 0 Å². The van der Waals surface area contributed by atoms with E-state index in [1.165, 1.54) is 20.0 Å². The lowest BCUT2D eigenvalue weighted by molar-refractivity contribution is -0.222. The van der Waals surface area contributed by atoms with Crippen molar-refractivity contribution >= 4 is 17.6 Å². The molecule has 1 aromatic rings. The number of nitrogens with one attached hydrogen (secondary N) is 1. The average Bonchev–Trinajstić information content (AvgIpc) is 2.36. The topological polar surface area (TPSA) is 84.9 Å². The molecule has 0 radical (unpaired) electrons. The second kappa shape index (κ2) is 5.57. The van der Waals surface area contributed by atoms with Gasteiger partial charge in [-0.25, -0.2) is 9.59 Å². The second-order valence-electron chi connectivity index (χ2n) is 5.14. The number of aliphatic hydroxyl groups excluding tert-OH is 1. The molecule has 0 amide bonds. The van der Waals surface area contributed by atoms with Crippen molar-refractivity contribution in [3.05, 3.63) is 41.6 Å². The van der Waals surface area contributed by atoms with Crippen LogP contribution in [0.15, 0.2) is 36.0 Å². The van der Waals surface area contributed by atoms with E-state index in [-0.39, 0.29) is 5.57 Å². The summed E-state index contributed by atoms with van der Waals surface area (Å²) in [4.78, 5) is 23.6. The fraction of sp³-hybridized carbons (Fsp3) is 0.333. The zero-order valence-corrected chi connectivity index (χ0v) is 12.0. The molecule has 1 heterocycles. The maximum atomic E-state index is 11.8. The Morgan fingerprint density at radius 1 is 1.19 bits per heavy atom. The standard InChI is InChI=1S/C15H17NO5/c1-9(17)10-6-4-5-7-12(10)16-8-11-13(18)20-15(2,3)21-14(11)19/h4-9,16-17H,1-3H3. The number of anilines is 1. The van der Waals surface area contributed by atoms with Gasteiger partial charge in [0, 0.05) is 31.3 Å². The molecule has 1 aliphatic rings. The van der Waals surface area contributed by atoms with Crippen molar-refractivity contribution in [1.29, 1.82) is 0 Å². The van der Waals surface area contributed by atoms with Gasteiger partial charge in [-0.3, -0.25) is 0 Å². The lowest BCUT2D eigenvalue weighted by Gasteiger charge is -2.29. The second-order valence-corrected chi connectivity index (χ2v) is 5.14. The summed E-state index contributed by atoms with van der Waals surface area (Å²) in [6.07, 6.45) is 0.539.